The van der Waals surface area contributed by atoms with E-state index in [0.29, 0.717) is 6.42 Å². The SMILES string of the molecule is CCc1ccc(CCC2CCC(c3ccc4c(c3F)OC(=O)C(C)C4)CC2)cc1. The number of ether oxygens (including phenoxy) is 1. The van der Waals surface area contributed by atoms with Crippen molar-refractivity contribution in [2.24, 2.45) is 11.8 Å². The molecule has 1 aliphatic carbocycles. The lowest BCUT2D eigenvalue weighted by Gasteiger charge is -2.30. The van der Waals surface area contributed by atoms with Crippen LogP contribution >= 0.6 is 0 Å². The van der Waals surface area contributed by atoms with E-state index >= 15 is 4.39 Å². The molecule has 154 valence electrons. The topological polar surface area (TPSA) is 26.3 Å². The van der Waals surface area contributed by atoms with Crippen molar-refractivity contribution in [1.29, 1.82) is 0 Å². The van der Waals surface area contributed by atoms with Crippen LogP contribution in [-0.2, 0) is 24.1 Å². The van der Waals surface area contributed by atoms with E-state index in [1.54, 1.807) is 0 Å². The minimum atomic E-state index is -0.316. The van der Waals surface area contributed by atoms with Gasteiger partial charge in [0.05, 0.1) is 5.92 Å². The Labute approximate surface area is 173 Å². The van der Waals surface area contributed by atoms with Crippen molar-refractivity contribution in [3.8, 4) is 5.75 Å². The Morgan fingerprint density at radius 3 is 2.38 bits per heavy atom. The molecule has 1 aliphatic heterocycles. The fraction of sp³-hybridized carbons (Fsp3) is 0.500. The van der Waals surface area contributed by atoms with Gasteiger partial charge in [0.15, 0.2) is 11.6 Å². The summed E-state index contributed by atoms with van der Waals surface area (Å²) >= 11 is 0. The fourth-order valence-corrected chi connectivity index (χ4v) is 4.89. The quantitative estimate of drug-likeness (QED) is 0.434. The normalized spacial score (nSPS) is 24.1. The van der Waals surface area contributed by atoms with Crippen LogP contribution in [0.3, 0.4) is 0 Å². The first kappa shape index (κ1) is 20.1. The van der Waals surface area contributed by atoms with Gasteiger partial charge in [0.2, 0.25) is 0 Å². The first-order valence-electron chi connectivity index (χ1n) is 11.2. The predicted octanol–water partition coefficient (Wildman–Crippen LogP) is 6.39. The monoisotopic (exact) mass is 394 g/mol. The molecule has 0 N–H and O–H groups in total. The number of hydrogen-bond donors (Lipinski definition) is 0. The number of carbonyl (C=O) groups excluding carboxylic acids is 1. The van der Waals surface area contributed by atoms with E-state index in [2.05, 4.69) is 31.2 Å². The molecule has 0 spiro atoms. The molecule has 0 amide bonds. The molecule has 4 rings (SSSR count). The molecule has 0 aromatic heterocycles. The van der Waals surface area contributed by atoms with Crippen molar-refractivity contribution in [1.82, 2.24) is 0 Å². The summed E-state index contributed by atoms with van der Waals surface area (Å²) in [6.07, 6.45) is 8.30. The van der Waals surface area contributed by atoms with E-state index in [4.69, 9.17) is 4.74 Å². The maximum atomic E-state index is 15.1. The summed E-state index contributed by atoms with van der Waals surface area (Å²) in [4.78, 5) is 11.9. The molecule has 3 heteroatoms. The molecule has 1 fully saturated rings. The van der Waals surface area contributed by atoms with Gasteiger partial charge < -0.3 is 4.74 Å². The highest BCUT2D eigenvalue weighted by atomic mass is 19.1. The van der Waals surface area contributed by atoms with Crippen molar-refractivity contribution in [3.05, 3.63) is 64.5 Å². The molecule has 2 nitrogen and oxygen atoms in total. The van der Waals surface area contributed by atoms with Gasteiger partial charge in [0, 0.05) is 0 Å². The van der Waals surface area contributed by atoms with Crippen molar-refractivity contribution in [3.63, 3.8) is 0 Å². The molecule has 2 aromatic rings. The predicted molar refractivity (Wildman–Crippen MR) is 114 cm³/mol. The number of rotatable bonds is 5. The van der Waals surface area contributed by atoms with Crippen LogP contribution in [0.4, 0.5) is 4.39 Å². The Balaban J connectivity index is 1.35. The van der Waals surface area contributed by atoms with Gasteiger partial charge in [0.1, 0.15) is 0 Å². The number of carbonyl (C=O) groups is 1. The van der Waals surface area contributed by atoms with Crippen LogP contribution in [0.5, 0.6) is 5.75 Å². The zero-order valence-electron chi connectivity index (χ0n) is 17.5. The van der Waals surface area contributed by atoms with Crippen LogP contribution < -0.4 is 4.74 Å². The molecule has 1 heterocycles. The number of esters is 1. The lowest BCUT2D eigenvalue weighted by atomic mass is 9.76. The molecular weight excluding hydrogens is 363 g/mol. The minimum absolute atomic E-state index is 0.184. The summed E-state index contributed by atoms with van der Waals surface area (Å²) < 4.78 is 20.4. The average molecular weight is 395 g/mol. The maximum Gasteiger partial charge on any atom is 0.314 e. The molecule has 1 unspecified atom stereocenters. The van der Waals surface area contributed by atoms with Gasteiger partial charge in [0.25, 0.3) is 0 Å². The van der Waals surface area contributed by atoms with Gasteiger partial charge in [-0.15, -0.1) is 0 Å². The van der Waals surface area contributed by atoms with Gasteiger partial charge >= 0.3 is 5.97 Å². The smallest absolute Gasteiger partial charge is 0.314 e. The van der Waals surface area contributed by atoms with Crippen molar-refractivity contribution in [2.75, 3.05) is 0 Å². The summed E-state index contributed by atoms with van der Waals surface area (Å²) in [7, 11) is 0. The number of fused-ring (bicyclic) bond motifs is 1. The molecular formula is C26H31FO2. The Morgan fingerprint density at radius 2 is 1.69 bits per heavy atom. The van der Waals surface area contributed by atoms with Gasteiger partial charge in [-0.05, 0) is 85.5 Å². The summed E-state index contributed by atoms with van der Waals surface area (Å²) in [5.74, 6) is 0.325. The number of hydrogen-bond acceptors (Lipinski definition) is 2. The van der Waals surface area contributed by atoms with Crippen LogP contribution in [0, 0.1) is 17.7 Å². The largest absolute Gasteiger partial charge is 0.423 e. The second-order valence-electron chi connectivity index (χ2n) is 8.91. The Bertz CT molecular complexity index is 863. The van der Waals surface area contributed by atoms with Crippen LogP contribution in [0.25, 0.3) is 0 Å². The molecule has 0 radical (unpaired) electrons. The molecule has 0 saturated heterocycles. The Kier molecular flexibility index (Phi) is 6.03. The summed E-state index contributed by atoms with van der Waals surface area (Å²) in [5.41, 5.74) is 4.36. The van der Waals surface area contributed by atoms with Crippen LogP contribution in [-0.4, -0.2) is 5.97 Å². The van der Waals surface area contributed by atoms with E-state index in [-0.39, 0.29) is 29.4 Å². The highest BCUT2D eigenvalue weighted by molar-refractivity contribution is 5.77. The highest BCUT2D eigenvalue weighted by Crippen LogP contribution is 2.42. The zero-order chi connectivity index (χ0) is 20.4. The third-order valence-electron chi connectivity index (χ3n) is 6.90. The third kappa shape index (κ3) is 4.39. The second kappa shape index (κ2) is 8.69. The summed E-state index contributed by atoms with van der Waals surface area (Å²) in [6.45, 7) is 4.01. The third-order valence-corrected chi connectivity index (χ3v) is 6.90. The van der Waals surface area contributed by atoms with Crippen molar-refractivity contribution < 1.29 is 13.9 Å². The molecule has 1 saturated carbocycles. The lowest BCUT2D eigenvalue weighted by Crippen LogP contribution is -2.26. The standard InChI is InChI=1S/C26H31FO2/c1-3-18-4-6-19(7-5-18)8-9-20-10-12-21(13-11-20)23-15-14-22-16-17(2)26(28)29-25(22)24(23)27/h4-7,14-15,17,20-21H,3,8-13,16H2,1-2H3. The van der Waals surface area contributed by atoms with E-state index < -0.39 is 0 Å². The van der Waals surface area contributed by atoms with Gasteiger partial charge in [-0.2, -0.15) is 0 Å². The Hall–Kier alpha value is -2.16. The molecule has 0 bridgehead atoms. The van der Waals surface area contributed by atoms with E-state index in [9.17, 15) is 4.79 Å². The molecule has 29 heavy (non-hydrogen) atoms. The van der Waals surface area contributed by atoms with Gasteiger partial charge in [-0.3, -0.25) is 4.79 Å². The van der Waals surface area contributed by atoms with Crippen LogP contribution in [0.1, 0.15) is 74.1 Å². The van der Waals surface area contributed by atoms with Gasteiger partial charge in [-0.1, -0.05) is 50.2 Å². The summed E-state index contributed by atoms with van der Waals surface area (Å²) in [6, 6.07) is 12.9. The minimum Gasteiger partial charge on any atom is -0.423 e. The number of halogens is 1. The Morgan fingerprint density at radius 1 is 1.00 bits per heavy atom. The summed E-state index contributed by atoms with van der Waals surface area (Å²) in [5, 5.41) is 0. The van der Waals surface area contributed by atoms with Crippen LogP contribution in [0.15, 0.2) is 36.4 Å². The average Bonchev–Trinajstić information content (AvgIpc) is 2.75. The number of aryl methyl sites for hydroxylation is 2. The zero-order valence-corrected chi connectivity index (χ0v) is 17.5. The number of benzene rings is 2. The van der Waals surface area contributed by atoms with E-state index in [1.165, 1.54) is 17.5 Å². The maximum absolute atomic E-state index is 15.1. The highest BCUT2D eigenvalue weighted by Gasteiger charge is 2.31. The second-order valence-corrected chi connectivity index (χ2v) is 8.91. The van der Waals surface area contributed by atoms with Crippen molar-refractivity contribution in [2.45, 2.75) is 71.1 Å². The lowest BCUT2D eigenvalue weighted by molar-refractivity contribution is -0.139. The van der Waals surface area contributed by atoms with E-state index in [1.807, 2.05) is 19.1 Å². The van der Waals surface area contributed by atoms with E-state index in [0.717, 1.165) is 55.6 Å². The molecule has 2 aromatic carbocycles. The molecule has 2 aliphatic rings. The first-order chi connectivity index (χ1) is 14.0. The van der Waals surface area contributed by atoms with Crippen LogP contribution in [0.2, 0.25) is 0 Å². The fourth-order valence-electron chi connectivity index (χ4n) is 4.89. The van der Waals surface area contributed by atoms with Gasteiger partial charge in [-0.25, -0.2) is 4.39 Å². The molecule has 1 atom stereocenters. The first-order valence-corrected chi connectivity index (χ1v) is 11.2. The van der Waals surface area contributed by atoms with Crippen molar-refractivity contribution >= 4 is 5.97 Å².